The van der Waals surface area contributed by atoms with E-state index < -0.39 is 10.9 Å². The van der Waals surface area contributed by atoms with Crippen LogP contribution in [-0.2, 0) is 11.2 Å². The number of aryl methyl sites for hydroxylation is 1. The Morgan fingerprint density at radius 2 is 2.19 bits per heavy atom. The van der Waals surface area contributed by atoms with Gasteiger partial charge in [-0.3, -0.25) is 15.1 Å². The smallest absolute Gasteiger partial charge is 0.340 e. The van der Waals surface area contributed by atoms with Crippen LogP contribution in [0.25, 0.3) is 11.4 Å². The molecule has 0 saturated carbocycles. The van der Waals surface area contributed by atoms with Gasteiger partial charge in [-0.2, -0.15) is 4.98 Å². The lowest BCUT2D eigenvalue weighted by Gasteiger charge is -2.06. The van der Waals surface area contributed by atoms with E-state index in [1.807, 2.05) is 6.07 Å². The summed E-state index contributed by atoms with van der Waals surface area (Å²) in [6.45, 7) is 0.0750. The quantitative estimate of drug-likeness (QED) is 0.218. The first-order valence-electron chi connectivity index (χ1n) is 7.98. The molecule has 1 aromatic carbocycles. The van der Waals surface area contributed by atoms with Crippen molar-refractivity contribution in [1.82, 2.24) is 15.1 Å². The monoisotopic (exact) mass is 369 g/mol. The zero-order valence-corrected chi connectivity index (χ0v) is 14.1. The summed E-state index contributed by atoms with van der Waals surface area (Å²) in [5, 5.41) is 14.7. The first-order chi connectivity index (χ1) is 13.0. The van der Waals surface area contributed by atoms with Gasteiger partial charge >= 0.3 is 5.97 Å². The number of rotatable bonds is 7. The molecular weight excluding hydrogens is 354 g/mol. The number of nitrogens with zero attached hydrogens (tertiary/aromatic N) is 4. The van der Waals surface area contributed by atoms with Crippen LogP contribution in [0.1, 0.15) is 22.7 Å². The number of carbonyl (C=O) groups excluding carboxylic acids is 1. The number of pyridine rings is 1. The molecule has 0 saturated heterocycles. The molecule has 0 fully saturated rings. The van der Waals surface area contributed by atoms with E-state index in [9.17, 15) is 14.9 Å². The molecule has 0 radical (unpaired) electrons. The molecule has 0 amide bonds. The summed E-state index contributed by atoms with van der Waals surface area (Å²) < 4.78 is 10.3. The molecule has 0 aliphatic heterocycles. The number of benzene rings is 1. The second kappa shape index (κ2) is 8.04. The first-order valence-corrected chi connectivity index (χ1v) is 7.98. The molecule has 10 nitrogen and oxygen atoms in total. The van der Waals surface area contributed by atoms with Crippen LogP contribution < -0.4 is 5.73 Å². The normalized spacial score (nSPS) is 10.5. The highest BCUT2D eigenvalue weighted by atomic mass is 16.6. The van der Waals surface area contributed by atoms with E-state index in [0.717, 1.165) is 11.6 Å². The number of anilines is 1. The summed E-state index contributed by atoms with van der Waals surface area (Å²) in [7, 11) is 0. The van der Waals surface area contributed by atoms with Crippen LogP contribution in [0.15, 0.2) is 47.2 Å². The van der Waals surface area contributed by atoms with Crippen molar-refractivity contribution in [3.05, 3.63) is 64.3 Å². The van der Waals surface area contributed by atoms with Gasteiger partial charge < -0.3 is 15.0 Å². The fraction of sp³-hybridized carbons (Fsp3) is 0.176. The number of nitro benzene ring substituents is 1. The molecule has 10 heteroatoms. The third kappa shape index (κ3) is 4.42. The minimum absolute atomic E-state index is 0.0409. The van der Waals surface area contributed by atoms with Crippen molar-refractivity contribution in [2.45, 2.75) is 12.8 Å². The molecule has 27 heavy (non-hydrogen) atoms. The van der Waals surface area contributed by atoms with Crippen LogP contribution in [0.4, 0.5) is 11.4 Å². The van der Waals surface area contributed by atoms with Crippen LogP contribution in [0, 0.1) is 10.1 Å². The van der Waals surface area contributed by atoms with E-state index in [1.165, 1.54) is 12.1 Å². The van der Waals surface area contributed by atoms with Gasteiger partial charge in [-0.15, -0.1) is 0 Å². The molecule has 0 aliphatic rings. The van der Waals surface area contributed by atoms with Crippen molar-refractivity contribution < 1.29 is 19.0 Å². The lowest BCUT2D eigenvalue weighted by Crippen LogP contribution is -2.10. The molecule has 2 N–H and O–H groups in total. The number of hydrogen-bond donors (Lipinski definition) is 1. The number of non-ortho nitro benzene ring substituents is 1. The minimum Gasteiger partial charge on any atom is -0.462 e. The Bertz CT molecular complexity index is 957. The number of ether oxygens (including phenoxy) is 1. The highest BCUT2D eigenvalue weighted by molar-refractivity contribution is 5.95. The zero-order valence-electron chi connectivity index (χ0n) is 14.1. The summed E-state index contributed by atoms with van der Waals surface area (Å²) >= 11 is 0. The summed E-state index contributed by atoms with van der Waals surface area (Å²) in [4.78, 5) is 30.5. The maximum absolute atomic E-state index is 12.1. The second-order valence-electron chi connectivity index (χ2n) is 5.52. The predicted octanol–water partition coefficient (Wildman–Crippen LogP) is 2.41. The number of aromatic nitrogens is 3. The standard InChI is InChI=1S/C17H15N5O5/c18-14-6-5-12(22(24)25)9-13(14)17(23)26-8-2-4-15-20-16(21-27-15)11-3-1-7-19-10-11/h1,3,5-7,9-10H,2,4,8,18H2. The van der Waals surface area contributed by atoms with E-state index >= 15 is 0 Å². The SMILES string of the molecule is Nc1ccc([N+](=O)[O-])cc1C(=O)OCCCc1nc(-c2cccnc2)no1. The van der Waals surface area contributed by atoms with Crippen molar-refractivity contribution in [2.24, 2.45) is 0 Å². The van der Waals surface area contributed by atoms with Crippen molar-refractivity contribution in [3.8, 4) is 11.4 Å². The molecule has 3 aromatic rings. The number of carbonyl (C=O) groups is 1. The highest BCUT2D eigenvalue weighted by Gasteiger charge is 2.16. The van der Waals surface area contributed by atoms with Gasteiger partial charge in [-0.25, -0.2) is 4.79 Å². The highest BCUT2D eigenvalue weighted by Crippen LogP contribution is 2.20. The van der Waals surface area contributed by atoms with Crippen LogP contribution >= 0.6 is 0 Å². The van der Waals surface area contributed by atoms with Gasteiger partial charge in [0.2, 0.25) is 11.7 Å². The molecule has 0 spiro atoms. The molecular formula is C17H15N5O5. The average molecular weight is 369 g/mol. The van der Waals surface area contributed by atoms with Crippen LogP contribution in [0.2, 0.25) is 0 Å². The topological polar surface area (TPSA) is 147 Å². The molecule has 2 heterocycles. The number of nitro groups is 1. The first kappa shape index (κ1) is 18.0. The second-order valence-corrected chi connectivity index (χ2v) is 5.52. The maximum atomic E-state index is 12.1. The van der Waals surface area contributed by atoms with Gasteiger partial charge in [0, 0.05) is 42.2 Å². The van der Waals surface area contributed by atoms with Gasteiger partial charge in [0.05, 0.1) is 17.1 Å². The van der Waals surface area contributed by atoms with Crippen molar-refractivity contribution in [3.63, 3.8) is 0 Å². The Hall–Kier alpha value is -3.82. The summed E-state index contributed by atoms with van der Waals surface area (Å²) in [6, 6.07) is 7.20. The summed E-state index contributed by atoms with van der Waals surface area (Å²) in [6.07, 6.45) is 4.12. The zero-order chi connectivity index (χ0) is 19.2. The fourth-order valence-corrected chi connectivity index (χ4v) is 2.27. The molecule has 0 unspecified atom stereocenters. The van der Waals surface area contributed by atoms with Crippen LogP contribution in [0.5, 0.6) is 0 Å². The Kier molecular flexibility index (Phi) is 5.36. The molecule has 138 valence electrons. The number of nitrogen functional groups attached to an aromatic ring is 1. The van der Waals surface area contributed by atoms with Crippen LogP contribution in [0.3, 0.4) is 0 Å². The van der Waals surface area contributed by atoms with Crippen molar-refractivity contribution in [2.75, 3.05) is 12.3 Å². The van der Waals surface area contributed by atoms with E-state index in [0.29, 0.717) is 24.6 Å². The summed E-state index contributed by atoms with van der Waals surface area (Å²) in [5.74, 6) is 0.108. The van der Waals surface area contributed by atoms with Gasteiger partial charge in [-0.1, -0.05) is 5.16 Å². The number of esters is 1. The fourth-order valence-electron chi connectivity index (χ4n) is 2.27. The molecule has 0 bridgehead atoms. The third-order valence-corrected chi connectivity index (χ3v) is 3.62. The number of hydrogen-bond acceptors (Lipinski definition) is 9. The van der Waals surface area contributed by atoms with Crippen molar-refractivity contribution in [1.29, 1.82) is 0 Å². The third-order valence-electron chi connectivity index (χ3n) is 3.62. The van der Waals surface area contributed by atoms with Crippen molar-refractivity contribution >= 4 is 17.3 Å². The lowest BCUT2D eigenvalue weighted by molar-refractivity contribution is -0.384. The lowest BCUT2D eigenvalue weighted by atomic mass is 10.1. The molecule has 0 atom stereocenters. The Labute approximate surface area is 153 Å². The molecule has 2 aromatic heterocycles. The Balaban J connectivity index is 1.52. The van der Waals surface area contributed by atoms with E-state index in [4.69, 9.17) is 15.0 Å². The Morgan fingerprint density at radius 3 is 2.93 bits per heavy atom. The minimum atomic E-state index is -0.724. The Morgan fingerprint density at radius 1 is 1.33 bits per heavy atom. The number of nitrogens with two attached hydrogens (primary N) is 1. The summed E-state index contributed by atoms with van der Waals surface area (Å²) in [5.41, 5.74) is 6.26. The predicted molar refractivity (Wildman–Crippen MR) is 93.6 cm³/mol. The van der Waals surface area contributed by atoms with Gasteiger partial charge in [0.25, 0.3) is 5.69 Å². The molecule has 3 rings (SSSR count). The van der Waals surface area contributed by atoms with Gasteiger partial charge in [-0.05, 0) is 24.6 Å². The van der Waals surface area contributed by atoms with Gasteiger partial charge in [0.15, 0.2) is 0 Å². The average Bonchev–Trinajstić information content (AvgIpc) is 3.15. The van der Waals surface area contributed by atoms with Gasteiger partial charge in [0.1, 0.15) is 0 Å². The van der Waals surface area contributed by atoms with E-state index in [1.54, 1.807) is 18.5 Å². The maximum Gasteiger partial charge on any atom is 0.340 e. The molecule has 0 aliphatic carbocycles. The van der Waals surface area contributed by atoms with E-state index in [2.05, 4.69) is 15.1 Å². The van der Waals surface area contributed by atoms with Crippen LogP contribution in [-0.4, -0.2) is 32.6 Å². The largest absolute Gasteiger partial charge is 0.462 e. The van der Waals surface area contributed by atoms with E-state index in [-0.39, 0.29) is 23.5 Å².